The Labute approximate surface area is 79.0 Å². The summed E-state index contributed by atoms with van der Waals surface area (Å²) in [5.41, 5.74) is 1.40. The predicted octanol–water partition coefficient (Wildman–Crippen LogP) is 2.84. The van der Waals surface area contributed by atoms with Crippen LogP contribution in [0.25, 0.3) is 0 Å². The number of hydrogen-bond acceptors (Lipinski definition) is 0. The Balaban J connectivity index is 0.000000810. The van der Waals surface area contributed by atoms with Gasteiger partial charge in [0.05, 0.1) is 0 Å². The van der Waals surface area contributed by atoms with E-state index in [0.717, 1.165) is 5.02 Å². The Bertz CT molecular complexity index is 165. The van der Waals surface area contributed by atoms with E-state index < -0.39 is 16.1 Å². The molecule has 0 aliphatic carbocycles. The topological polar surface area (TPSA) is 0 Å². The van der Waals surface area contributed by atoms with E-state index in [1.165, 1.54) is 5.56 Å². The first kappa shape index (κ1) is 10.4. The third kappa shape index (κ3) is 3.56. The van der Waals surface area contributed by atoms with E-state index in [9.17, 15) is 0 Å². The molecule has 0 aliphatic heterocycles. The molecule has 0 heterocycles. The quantitative estimate of drug-likeness (QED) is 0.683. The molecule has 0 radical (unpaired) electrons. The molecule has 0 unspecified atom stereocenters. The maximum absolute atomic E-state index is 5.72. The van der Waals surface area contributed by atoms with Crippen molar-refractivity contribution in [3.05, 3.63) is 35.9 Å². The van der Waals surface area contributed by atoms with Crippen LogP contribution in [-0.2, 0) is 21.2 Å². The molecule has 0 atom stereocenters. The van der Waals surface area contributed by atoms with Gasteiger partial charge in [0.2, 0.25) is 0 Å². The molecular formula is C7H8Cl2Zn. The molecule has 10 heavy (non-hydrogen) atoms. The van der Waals surface area contributed by atoms with Gasteiger partial charge < -0.3 is 0 Å². The fraction of sp³-hybridized carbons (Fsp3) is 0.143. The van der Waals surface area contributed by atoms with Crippen molar-refractivity contribution in [2.24, 2.45) is 0 Å². The molecule has 0 fully saturated rings. The summed E-state index contributed by atoms with van der Waals surface area (Å²) in [5, 5.41) is 1.16. The number of rotatable bonds is 2. The van der Waals surface area contributed by atoms with Gasteiger partial charge in [0.25, 0.3) is 0 Å². The Morgan fingerprint density at radius 1 is 1.20 bits per heavy atom. The molecular weight excluding hydrogens is 220 g/mol. The first-order valence-electron chi connectivity index (χ1n) is 3.03. The normalized spacial score (nSPS) is 7.70. The Hall–Kier alpha value is 0.423. The van der Waals surface area contributed by atoms with Crippen LogP contribution < -0.4 is 0 Å². The molecule has 1 aromatic rings. The Morgan fingerprint density at radius 2 is 1.80 bits per heavy atom. The number of halogens is 2. The van der Waals surface area contributed by atoms with Crippen LogP contribution in [0.5, 0.6) is 0 Å². The summed E-state index contributed by atoms with van der Waals surface area (Å²) in [7, 11) is 5.72. The molecule has 0 bridgehead atoms. The first-order valence-corrected chi connectivity index (χ1v) is 9.03. The van der Waals surface area contributed by atoms with Gasteiger partial charge in [-0.2, -0.15) is 0 Å². The van der Waals surface area contributed by atoms with Crippen LogP contribution in [0.1, 0.15) is 5.56 Å². The van der Waals surface area contributed by atoms with Gasteiger partial charge in [0.15, 0.2) is 0 Å². The summed E-state index contributed by atoms with van der Waals surface area (Å²) in [6.45, 7) is 0. The van der Waals surface area contributed by atoms with E-state index in [0.29, 0.717) is 0 Å². The molecule has 1 aromatic carbocycles. The van der Waals surface area contributed by atoms with E-state index >= 15 is 0 Å². The summed E-state index contributed by atoms with van der Waals surface area (Å²) < 4.78 is 0. The fourth-order valence-corrected chi connectivity index (χ4v) is 3.04. The predicted molar refractivity (Wildman–Crippen MR) is 43.2 cm³/mol. The molecule has 0 saturated carbocycles. The van der Waals surface area contributed by atoms with Gasteiger partial charge in [0.1, 0.15) is 0 Å². The monoisotopic (exact) mass is 226 g/mol. The second kappa shape index (κ2) is 6.15. The van der Waals surface area contributed by atoms with Crippen molar-refractivity contribution >= 4 is 22.1 Å². The van der Waals surface area contributed by atoms with Crippen molar-refractivity contribution in [3.8, 4) is 0 Å². The van der Waals surface area contributed by atoms with E-state index in [4.69, 9.17) is 9.69 Å². The van der Waals surface area contributed by atoms with Crippen LogP contribution in [0.2, 0.25) is 0 Å². The van der Waals surface area contributed by atoms with Crippen molar-refractivity contribution in [2.45, 2.75) is 5.02 Å². The molecule has 3 heteroatoms. The zero-order chi connectivity index (χ0) is 6.53. The Kier molecular flexibility index (Phi) is 6.41. The van der Waals surface area contributed by atoms with Crippen molar-refractivity contribution in [1.82, 2.24) is 0 Å². The second-order valence-electron chi connectivity index (χ2n) is 1.92. The zero-order valence-corrected chi connectivity index (χ0v) is 10.1. The van der Waals surface area contributed by atoms with Crippen LogP contribution in [0.4, 0.5) is 0 Å². The third-order valence-electron chi connectivity index (χ3n) is 1.23. The van der Waals surface area contributed by atoms with Crippen LogP contribution >= 0.6 is 22.1 Å². The molecule has 0 saturated heterocycles. The van der Waals surface area contributed by atoms with Crippen molar-refractivity contribution in [2.75, 3.05) is 0 Å². The van der Waals surface area contributed by atoms with Crippen LogP contribution in [0.15, 0.2) is 30.3 Å². The summed E-state index contributed by atoms with van der Waals surface area (Å²) in [5.74, 6) is 0. The van der Waals surface area contributed by atoms with Gasteiger partial charge in [-0.15, -0.1) is 12.4 Å². The van der Waals surface area contributed by atoms with Crippen LogP contribution in [-0.4, -0.2) is 0 Å². The molecule has 0 aliphatic rings. The van der Waals surface area contributed by atoms with Gasteiger partial charge in [-0.1, -0.05) is 0 Å². The average Bonchev–Trinajstić information content (AvgIpc) is 1.91. The molecule has 0 nitrogen and oxygen atoms in total. The molecule has 0 spiro atoms. The van der Waals surface area contributed by atoms with E-state index in [1.54, 1.807) is 0 Å². The van der Waals surface area contributed by atoms with Gasteiger partial charge in [-0.3, -0.25) is 0 Å². The minimum atomic E-state index is -0.671. The first-order chi connectivity index (χ1) is 4.43. The third-order valence-corrected chi connectivity index (χ3v) is 3.82. The van der Waals surface area contributed by atoms with Gasteiger partial charge in [-0.25, -0.2) is 0 Å². The summed E-state index contributed by atoms with van der Waals surface area (Å²) >= 11 is -0.671. The van der Waals surface area contributed by atoms with Gasteiger partial charge in [0, 0.05) is 0 Å². The molecule has 0 N–H and O–H groups in total. The van der Waals surface area contributed by atoms with Crippen molar-refractivity contribution < 1.29 is 16.1 Å². The van der Waals surface area contributed by atoms with E-state index in [1.807, 2.05) is 6.07 Å². The van der Waals surface area contributed by atoms with Crippen LogP contribution in [0, 0.1) is 0 Å². The SMILES string of the molecule is Cl.[Cl][Zn][CH2]c1ccccc1. The average molecular weight is 228 g/mol. The van der Waals surface area contributed by atoms with Crippen molar-refractivity contribution in [1.29, 1.82) is 0 Å². The van der Waals surface area contributed by atoms with Crippen molar-refractivity contribution in [3.63, 3.8) is 0 Å². The second-order valence-corrected chi connectivity index (χ2v) is 5.73. The van der Waals surface area contributed by atoms with E-state index in [-0.39, 0.29) is 12.4 Å². The summed E-state index contributed by atoms with van der Waals surface area (Å²) in [4.78, 5) is 0. The maximum atomic E-state index is 5.72. The van der Waals surface area contributed by atoms with Crippen LogP contribution in [0.3, 0.4) is 0 Å². The van der Waals surface area contributed by atoms with E-state index in [2.05, 4.69) is 24.3 Å². The fourth-order valence-electron chi connectivity index (χ4n) is 0.754. The van der Waals surface area contributed by atoms with Gasteiger partial charge >= 0.3 is 66.7 Å². The number of benzene rings is 1. The molecule has 1 rings (SSSR count). The summed E-state index contributed by atoms with van der Waals surface area (Å²) in [6, 6.07) is 10.4. The molecule has 0 aromatic heterocycles. The standard InChI is InChI=1S/C7H7.2ClH.Zn/c1-7-5-3-2-4-6-7;;;/h2-6H,1H2;2*1H;/q;;;+1/p-1. The van der Waals surface area contributed by atoms with Gasteiger partial charge in [-0.05, 0) is 0 Å². The summed E-state index contributed by atoms with van der Waals surface area (Å²) in [6.07, 6.45) is 0. The molecule has 52 valence electrons. The minimum absolute atomic E-state index is 0. The molecule has 0 amide bonds. The Morgan fingerprint density at radius 3 is 2.30 bits per heavy atom. The zero-order valence-electron chi connectivity index (χ0n) is 5.59. The number of hydrogen-bond donors (Lipinski definition) is 0.